The molecule has 1 saturated heterocycles. The molecule has 0 saturated carbocycles. The van der Waals surface area contributed by atoms with Crippen LogP contribution >= 0.6 is 11.8 Å². The Morgan fingerprint density at radius 3 is 2.70 bits per heavy atom. The molecule has 0 bridgehead atoms. The van der Waals surface area contributed by atoms with Crippen LogP contribution in [-0.4, -0.2) is 33.7 Å². The van der Waals surface area contributed by atoms with Crippen LogP contribution in [0.5, 0.6) is 0 Å². The van der Waals surface area contributed by atoms with Crippen LogP contribution in [0, 0.1) is 12.8 Å². The maximum absolute atomic E-state index is 5.40. The summed E-state index contributed by atoms with van der Waals surface area (Å²) in [5, 5.41) is 9.55. The van der Waals surface area contributed by atoms with Gasteiger partial charge in [-0.1, -0.05) is 24.6 Å². The molecule has 0 unspecified atom stereocenters. The van der Waals surface area contributed by atoms with Crippen LogP contribution in [0.25, 0.3) is 0 Å². The van der Waals surface area contributed by atoms with E-state index in [0.29, 0.717) is 6.04 Å². The Labute approximate surface area is 126 Å². The first-order valence-electron chi connectivity index (χ1n) is 7.80. The van der Waals surface area contributed by atoms with E-state index in [0.717, 1.165) is 35.9 Å². The fraction of sp³-hybridized carbons (Fsp3) is 0.867. The van der Waals surface area contributed by atoms with E-state index in [-0.39, 0.29) is 0 Å². The second-order valence-corrected chi connectivity index (χ2v) is 6.96. The van der Waals surface area contributed by atoms with Gasteiger partial charge in [-0.25, -0.2) is 0 Å². The molecule has 1 fully saturated rings. The molecule has 2 rings (SSSR count). The van der Waals surface area contributed by atoms with Crippen molar-refractivity contribution in [1.82, 2.24) is 14.8 Å². The zero-order valence-corrected chi connectivity index (χ0v) is 13.8. The average Bonchev–Trinajstić information content (AvgIpc) is 2.81. The summed E-state index contributed by atoms with van der Waals surface area (Å²) >= 11 is 1.85. The predicted octanol–water partition coefficient (Wildman–Crippen LogP) is 3.86. The summed E-state index contributed by atoms with van der Waals surface area (Å²) in [4.78, 5) is 0. The van der Waals surface area contributed by atoms with E-state index in [9.17, 15) is 0 Å². The highest BCUT2D eigenvalue weighted by molar-refractivity contribution is 7.99. The number of ether oxygens (including phenoxy) is 1. The number of rotatable bonds is 7. The number of nitrogens with zero attached hydrogens (tertiary/aromatic N) is 3. The molecule has 2 heterocycles. The summed E-state index contributed by atoms with van der Waals surface area (Å²) in [7, 11) is 0. The Morgan fingerprint density at radius 2 is 2.00 bits per heavy atom. The molecule has 1 aromatic heterocycles. The lowest BCUT2D eigenvalue weighted by molar-refractivity contribution is 0.0633. The first-order valence-corrected chi connectivity index (χ1v) is 8.79. The van der Waals surface area contributed by atoms with Crippen molar-refractivity contribution < 1.29 is 4.74 Å². The van der Waals surface area contributed by atoms with Crippen molar-refractivity contribution in [2.24, 2.45) is 5.92 Å². The Morgan fingerprint density at radius 1 is 1.25 bits per heavy atom. The first-order chi connectivity index (χ1) is 9.68. The zero-order valence-electron chi connectivity index (χ0n) is 13.0. The van der Waals surface area contributed by atoms with Crippen LogP contribution < -0.4 is 0 Å². The Balaban J connectivity index is 1.65. The monoisotopic (exact) mass is 297 g/mol. The van der Waals surface area contributed by atoms with Crippen molar-refractivity contribution in [2.45, 2.75) is 64.1 Å². The van der Waals surface area contributed by atoms with Gasteiger partial charge in [-0.3, -0.25) is 0 Å². The minimum Gasteiger partial charge on any atom is -0.381 e. The summed E-state index contributed by atoms with van der Waals surface area (Å²) in [6.45, 7) is 8.34. The lowest BCUT2D eigenvalue weighted by Crippen LogP contribution is -2.15. The van der Waals surface area contributed by atoms with Gasteiger partial charge in [-0.15, -0.1) is 10.2 Å². The minimum absolute atomic E-state index is 0.440. The predicted molar refractivity (Wildman–Crippen MR) is 83.3 cm³/mol. The molecule has 0 amide bonds. The summed E-state index contributed by atoms with van der Waals surface area (Å²) in [6, 6.07) is 0.440. The van der Waals surface area contributed by atoms with Gasteiger partial charge in [0, 0.05) is 25.0 Å². The lowest BCUT2D eigenvalue weighted by Gasteiger charge is -2.21. The molecule has 1 aliphatic rings. The molecular weight excluding hydrogens is 270 g/mol. The van der Waals surface area contributed by atoms with Gasteiger partial charge >= 0.3 is 0 Å². The number of aromatic nitrogens is 3. The molecule has 5 heteroatoms. The van der Waals surface area contributed by atoms with Gasteiger partial charge in [-0.2, -0.15) is 0 Å². The molecule has 0 spiro atoms. The SMILES string of the molecule is Cc1nnc(SCCCCC2CCOCC2)n1C(C)C. The normalized spacial score (nSPS) is 17.0. The van der Waals surface area contributed by atoms with E-state index >= 15 is 0 Å². The highest BCUT2D eigenvalue weighted by Crippen LogP contribution is 2.24. The van der Waals surface area contributed by atoms with Crippen LogP contribution in [0.2, 0.25) is 0 Å². The highest BCUT2D eigenvalue weighted by Gasteiger charge is 2.14. The van der Waals surface area contributed by atoms with Crippen molar-refractivity contribution in [2.75, 3.05) is 19.0 Å². The fourth-order valence-corrected chi connectivity index (χ4v) is 3.89. The fourth-order valence-electron chi connectivity index (χ4n) is 2.78. The number of thioether (sulfide) groups is 1. The molecule has 0 N–H and O–H groups in total. The van der Waals surface area contributed by atoms with Gasteiger partial charge in [0.2, 0.25) is 0 Å². The van der Waals surface area contributed by atoms with Gasteiger partial charge in [0.1, 0.15) is 5.82 Å². The molecule has 0 radical (unpaired) electrons. The molecule has 4 nitrogen and oxygen atoms in total. The molecule has 1 aromatic rings. The van der Waals surface area contributed by atoms with E-state index in [1.165, 1.54) is 32.1 Å². The van der Waals surface area contributed by atoms with Crippen molar-refractivity contribution in [3.63, 3.8) is 0 Å². The number of aryl methyl sites for hydroxylation is 1. The summed E-state index contributed by atoms with van der Waals surface area (Å²) in [5.41, 5.74) is 0. The van der Waals surface area contributed by atoms with Gasteiger partial charge in [0.05, 0.1) is 0 Å². The minimum atomic E-state index is 0.440. The van der Waals surface area contributed by atoms with E-state index < -0.39 is 0 Å². The second kappa shape index (κ2) is 8.03. The standard InChI is InChI=1S/C15H27N3OS/c1-12(2)18-13(3)16-17-15(18)20-11-5-4-6-14-7-9-19-10-8-14/h12,14H,4-11H2,1-3H3. The van der Waals surface area contributed by atoms with Crippen LogP contribution in [-0.2, 0) is 4.74 Å². The van der Waals surface area contributed by atoms with Gasteiger partial charge < -0.3 is 9.30 Å². The third-order valence-corrected chi connectivity index (χ3v) is 4.96. The molecular formula is C15H27N3OS. The molecule has 114 valence electrons. The summed E-state index contributed by atoms with van der Waals surface area (Å²) in [5.74, 6) is 3.06. The molecule has 0 aromatic carbocycles. The van der Waals surface area contributed by atoms with Crippen LogP contribution in [0.4, 0.5) is 0 Å². The van der Waals surface area contributed by atoms with Crippen molar-refractivity contribution in [3.05, 3.63) is 5.82 Å². The van der Waals surface area contributed by atoms with Crippen molar-refractivity contribution in [3.8, 4) is 0 Å². The number of unbranched alkanes of at least 4 members (excludes halogenated alkanes) is 1. The topological polar surface area (TPSA) is 39.9 Å². The van der Waals surface area contributed by atoms with E-state index in [1.807, 2.05) is 18.7 Å². The molecule has 0 aliphatic carbocycles. The Bertz CT molecular complexity index is 400. The quantitative estimate of drug-likeness (QED) is 0.566. The van der Waals surface area contributed by atoms with Gasteiger partial charge in [0.25, 0.3) is 0 Å². The maximum atomic E-state index is 5.40. The Kier molecular flexibility index (Phi) is 6.36. The average molecular weight is 297 g/mol. The third kappa shape index (κ3) is 4.48. The largest absolute Gasteiger partial charge is 0.381 e. The number of hydrogen-bond acceptors (Lipinski definition) is 4. The molecule has 1 aliphatic heterocycles. The molecule has 20 heavy (non-hydrogen) atoms. The van der Waals surface area contributed by atoms with Crippen LogP contribution in [0.3, 0.4) is 0 Å². The highest BCUT2D eigenvalue weighted by atomic mass is 32.2. The lowest BCUT2D eigenvalue weighted by atomic mass is 9.94. The van der Waals surface area contributed by atoms with Crippen LogP contribution in [0.1, 0.15) is 57.8 Å². The third-order valence-electron chi connectivity index (χ3n) is 3.93. The Hall–Kier alpha value is -0.550. The molecule has 0 atom stereocenters. The smallest absolute Gasteiger partial charge is 0.191 e. The van der Waals surface area contributed by atoms with Crippen LogP contribution in [0.15, 0.2) is 5.16 Å². The zero-order chi connectivity index (χ0) is 14.4. The van der Waals surface area contributed by atoms with E-state index in [4.69, 9.17) is 4.74 Å². The van der Waals surface area contributed by atoms with Gasteiger partial charge in [-0.05, 0) is 46.0 Å². The van der Waals surface area contributed by atoms with Crippen molar-refractivity contribution >= 4 is 11.8 Å². The summed E-state index contributed by atoms with van der Waals surface area (Å²) in [6.07, 6.45) is 6.47. The second-order valence-electron chi connectivity index (χ2n) is 5.89. The van der Waals surface area contributed by atoms with Crippen molar-refractivity contribution in [1.29, 1.82) is 0 Å². The van der Waals surface area contributed by atoms with E-state index in [1.54, 1.807) is 0 Å². The van der Waals surface area contributed by atoms with Gasteiger partial charge in [0.15, 0.2) is 5.16 Å². The van der Waals surface area contributed by atoms with E-state index in [2.05, 4.69) is 28.6 Å². The first kappa shape index (κ1) is 15.8. The maximum Gasteiger partial charge on any atom is 0.191 e. The number of hydrogen-bond donors (Lipinski definition) is 0. The summed E-state index contributed by atoms with van der Waals surface area (Å²) < 4.78 is 7.63.